The molecule has 0 aliphatic rings. The summed E-state index contributed by atoms with van der Waals surface area (Å²) >= 11 is 1.27. The fourth-order valence-electron chi connectivity index (χ4n) is 2.73. The van der Waals surface area contributed by atoms with Gasteiger partial charge in [0, 0.05) is 35.9 Å². The minimum absolute atomic E-state index is 0.0950. The van der Waals surface area contributed by atoms with Gasteiger partial charge >= 0.3 is 0 Å². The Kier molecular flexibility index (Phi) is 6.05. The van der Waals surface area contributed by atoms with E-state index in [4.69, 9.17) is 10.1 Å². The second-order valence-corrected chi connectivity index (χ2v) is 6.80. The van der Waals surface area contributed by atoms with Crippen molar-refractivity contribution in [2.75, 3.05) is 13.7 Å². The highest BCUT2D eigenvalue weighted by Gasteiger charge is 2.14. The number of rotatable bonds is 7. The zero-order chi connectivity index (χ0) is 19.2. The van der Waals surface area contributed by atoms with E-state index in [9.17, 15) is 4.79 Å². The van der Waals surface area contributed by atoms with E-state index >= 15 is 0 Å². The van der Waals surface area contributed by atoms with E-state index in [1.165, 1.54) is 17.7 Å². The number of carbonyl (C=O) groups excluding carboxylic acids is 1. The largest absolute Gasteiger partial charge is 0.383 e. The molecule has 1 amide bonds. The topological polar surface area (TPSA) is 88.0 Å². The molecular formula is C20H20N4O2S. The van der Waals surface area contributed by atoms with Crippen molar-refractivity contribution in [3.8, 4) is 22.4 Å². The van der Waals surface area contributed by atoms with Crippen molar-refractivity contribution in [2.24, 2.45) is 0 Å². The van der Waals surface area contributed by atoms with Crippen molar-refractivity contribution in [3.05, 3.63) is 59.0 Å². The maximum Gasteiger partial charge on any atom is 0.251 e. The number of carbonyl (C=O) groups is 1. The number of hydrogen-bond acceptors (Lipinski definition) is 6. The summed E-state index contributed by atoms with van der Waals surface area (Å²) in [6, 6.07) is 13.2. The van der Waals surface area contributed by atoms with Gasteiger partial charge in [-0.25, -0.2) is 0 Å². The van der Waals surface area contributed by atoms with Gasteiger partial charge in [0.2, 0.25) is 0 Å². The van der Waals surface area contributed by atoms with Gasteiger partial charge in [0.15, 0.2) is 0 Å². The van der Waals surface area contributed by atoms with E-state index < -0.39 is 0 Å². The van der Waals surface area contributed by atoms with Crippen LogP contribution >= 0.6 is 11.5 Å². The molecule has 1 unspecified atom stereocenters. The molecule has 0 saturated heterocycles. The number of nitrogens with zero attached hydrogens (tertiary/aromatic N) is 2. The summed E-state index contributed by atoms with van der Waals surface area (Å²) in [6.07, 6.45) is 1.30. The normalized spacial score (nSPS) is 11.8. The van der Waals surface area contributed by atoms with Crippen LogP contribution in [0.1, 0.15) is 22.8 Å². The van der Waals surface area contributed by atoms with E-state index in [-0.39, 0.29) is 11.9 Å². The Balaban J connectivity index is 2.00. The van der Waals surface area contributed by atoms with Crippen molar-refractivity contribution in [1.29, 1.82) is 5.41 Å². The Morgan fingerprint density at radius 1 is 1.22 bits per heavy atom. The molecule has 2 aromatic carbocycles. The molecule has 7 heteroatoms. The predicted molar refractivity (Wildman–Crippen MR) is 107 cm³/mol. The highest BCUT2D eigenvalue weighted by molar-refractivity contribution is 7.03. The number of nitrogens with one attached hydrogen (secondary N) is 2. The Labute approximate surface area is 161 Å². The molecule has 0 radical (unpaired) electrons. The minimum atomic E-state index is -0.165. The maximum atomic E-state index is 12.7. The molecule has 2 N–H and O–H groups in total. The molecular weight excluding hydrogens is 360 g/mol. The Morgan fingerprint density at radius 3 is 2.59 bits per heavy atom. The maximum absolute atomic E-state index is 12.7. The SMILES string of the molecule is COCC(C)NC(=O)c1cc(-c2ccc(C=N)cc2)cc(-c2csnn2)c1. The van der Waals surface area contributed by atoms with Crippen LogP contribution < -0.4 is 5.32 Å². The van der Waals surface area contributed by atoms with E-state index in [2.05, 4.69) is 14.9 Å². The lowest BCUT2D eigenvalue weighted by molar-refractivity contribution is 0.0905. The average Bonchev–Trinajstić information content (AvgIpc) is 3.23. The van der Waals surface area contributed by atoms with Crippen LogP contribution in [0.2, 0.25) is 0 Å². The third-order valence-electron chi connectivity index (χ3n) is 4.06. The lowest BCUT2D eigenvalue weighted by Gasteiger charge is -2.14. The summed E-state index contributed by atoms with van der Waals surface area (Å²) in [5.74, 6) is -0.165. The monoisotopic (exact) mass is 380 g/mol. The van der Waals surface area contributed by atoms with Crippen LogP contribution in [0.15, 0.2) is 47.8 Å². The minimum Gasteiger partial charge on any atom is -0.383 e. The Morgan fingerprint density at radius 2 is 1.96 bits per heavy atom. The fourth-order valence-corrected chi connectivity index (χ4v) is 3.20. The van der Waals surface area contributed by atoms with Crippen LogP contribution in [0, 0.1) is 5.41 Å². The molecule has 6 nitrogen and oxygen atoms in total. The van der Waals surface area contributed by atoms with E-state index in [0.717, 1.165) is 27.9 Å². The predicted octanol–water partition coefficient (Wildman–Crippen LogP) is 3.63. The first-order valence-corrected chi connectivity index (χ1v) is 9.27. The van der Waals surface area contributed by atoms with Crippen LogP contribution in [-0.2, 0) is 4.74 Å². The zero-order valence-electron chi connectivity index (χ0n) is 15.1. The molecule has 3 rings (SSSR count). The highest BCUT2D eigenvalue weighted by atomic mass is 32.1. The number of hydrogen-bond donors (Lipinski definition) is 2. The third kappa shape index (κ3) is 4.64. The van der Waals surface area contributed by atoms with Gasteiger partial charge in [0.25, 0.3) is 5.91 Å². The molecule has 1 aromatic heterocycles. The first-order valence-electron chi connectivity index (χ1n) is 8.44. The lowest BCUT2D eigenvalue weighted by Crippen LogP contribution is -2.35. The van der Waals surface area contributed by atoms with Gasteiger partial charge in [-0.1, -0.05) is 28.8 Å². The summed E-state index contributed by atoms with van der Waals surface area (Å²) in [4.78, 5) is 12.7. The van der Waals surface area contributed by atoms with Crippen molar-refractivity contribution >= 4 is 23.7 Å². The molecule has 3 aromatic rings. The van der Waals surface area contributed by atoms with Gasteiger partial charge in [-0.15, -0.1) is 5.10 Å². The molecule has 1 atom stereocenters. The second-order valence-electron chi connectivity index (χ2n) is 6.19. The number of aromatic nitrogens is 2. The summed E-state index contributed by atoms with van der Waals surface area (Å²) in [5.41, 5.74) is 4.81. The fraction of sp³-hybridized carbons (Fsp3) is 0.200. The lowest BCUT2D eigenvalue weighted by atomic mass is 9.97. The van der Waals surface area contributed by atoms with Crippen molar-refractivity contribution in [2.45, 2.75) is 13.0 Å². The Bertz CT molecular complexity index is 924. The van der Waals surface area contributed by atoms with Crippen LogP contribution in [0.25, 0.3) is 22.4 Å². The zero-order valence-corrected chi connectivity index (χ0v) is 15.9. The Hall–Kier alpha value is -2.90. The summed E-state index contributed by atoms with van der Waals surface area (Å²) in [7, 11) is 1.61. The van der Waals surface area contributed by atoms with Gasteiger partial charge in [-0.05, 0) is 53.3 Å². The quantitative estimate of drug-likeness (QED) is 0.613. The summed E-state index contributed by atoms with van der Waals surface area (Å²) in [5, 5.41) is 16.3. The van der Waals surface area contributed by atoms with Gasteiger partial charge in [0.05, 0.1) is 6.61 Å². The van der Waals surface area contributed by atoms with Crippen molar-refractivity contribution in [1.82, 2.24) is 14.9 Å². The molecule has 0 aliphatic heterocycles. The molecule has 0 bridgehead atoms. The van der Waals surface area contributed by atoms with E-state index in [1.54, 1.807) is 7.11 Å². The summed E-state index contributed by atoms with van der Waals surface area (Å²) < 4.78 is 9.01. The standard InChI is InChI=1S/C20H20N4O2S/c1-13(11-26-2)22-20(25)18-8-16(15-5-3-14(10-21)4-6-15)7-17(9-18)19-12-27-24-23-19/h3-10,12-13,21H,11H2,1-2H3,(H,22,25). The van der Waals surface area contributed by atoms with Crippen molar-refractivity contribution in [3.63, 3.8) is 0 Å². The second kappa shape index (κ2) is 8.66. The number of ether oxygens (including phenoxy) is 1. The van der Waals surface area contributed by atoms with Gasteiger partial charge in [-0.2, -0.15) is 0 Å². The van der Waals surface area contributed by atoms with Gasteiger partial charge < -0.3 is 15.5 Å². The van der Waals surface area contributed by atoms with Crippen molar-refractivity contribution < 1.29 is 9.53 Å². The highest BCUT2D eigenvalue weighted by Crippen LogP contribution is 2.28. The third-order valence-corrected chi connectivity index (χ3v) is 4.56. The van der Waals surface area contributed by atoms with Gasteiger partial charge in [0.1, 0.15) is 5.69 Å². The molecule has 138 valence electrons. The average molecular weight is 380 g/mol. The molecule has 0 fully saturated rings. The molecule has 27 heavy (non-hydrogen) atoms. The molecule has 0 saturated carbocycles. The van der Waals surface area contributed by atoms with Crippen LogP contribution in [0.5, 0.6) is 0 Å². The summed E-state index contributed by atoms with van der Waals surface area (Å²) in [6.45, 7) is 2.34. The molecule has 1 heterocycles. The first-order chi connectivity index (χ1) is 13.1. The van der Waals surface area contributed by atoms with Crippen LogP contribution in [0.3, 0.4) is 0 Å². The van der Waals surface area contributed by atoms with Crippen LogP contribution in [-0.4, -0.2) is 41.5 Å². The van der Waals surface area contributed by atoms with Gasteiger partial charge in [-0.3, -0.25) is 4.79 Å². The molecule has 0 aliphatic carbocycles. The van der Waals surface area contributed by atoms with E-state index in [1.807, 2.05) is 54.8 Å². The number of benzene rings is 2. The number of methoxy groups -OCH3 is 1. The smallest absolute Gasteiger partial charge is 0.251 e. The van der Waals surface area contributed by atoms with E-state index in [0.29, 0.717) is 12.2 Å². The molecule has 0 spiro atoms. The van der Waals surface area contributed by atoms with Crippen LogP contribution in [0.4, 0.5) is 0 Å². The number of amides is 1. The first kappa shape index (κ1) is 18.9.